The predicted molar refractivity (Wildman–Crippen MR) is 39.9 cm³/mol. The largest absolute Gasteiger partial charge is 0.377 e. The molecule has 2 aliphatic heterocycles. The van der Waals surface area contributed by atoms with E-state index in [0.29, 0.717) is 6.10 Å². The Balaban J connectivity index is 1.71. The highest BCUT2D eigenvalue weighted by Gasteiger charge is 2.36. The molecule has 2 heterocycles. The number of hydrogen-bond donors (Lipinski definition) is 0. The van der Waals surface area contributed by atoms with Crippen molar-refractivity contribution >= 4 is 0 Å². The van der Waals surface area contributed by atoms with Gasteiger partial charge in [0, 0.05) is 19.7 Å². The van der Waals surface area contributed by atoms with Crippen molar-refractivity contribution in [2.45, 2.75) is 25.0 Å². The fourth-order valence-electron chi connectivity index (χ4n) is 1.55. The average molecular weight is 152 g/mol. The van der Waals surface area contributed by atoms with Crippen LogP contribution in [0, 0.1) is 11.3 Å². The second kappa shape index (κ2) is 2.80. The molecule has 2 saturated heterocycles. The summed E-state index contributed by atoms with van der Waals surface area (Å²) in [5.74, 6) is 0. The molecular weight excluding hydrogens is 140 g/mol. The van der Waals surface area contributed by atoms with Crippen molar-refractivity contribution in [2.75, 3.05) is 19.7 Å². The molecule has 0 radical (unpaired) electrons. The molecule has 2 rings (SSSR count). The van der Waals surface area contributed by atoms with Crippen LogP contribution in [-0.2, 0) is 4.74 Å². The minimum absolute atomic E-state index is 0.194. The van der Waals surface area contributed by atoms with Crippen molar-refractivity contribution in [1.29, 1.82) is 5.26 Å². The molecule has 3 unspecified atom stereocenters. The van der Waals surface area contributed by atoms with E-state index in [-0.39, 0.29) is 6.04 Å². The SMILES string of the molecule is N#CC1CN1CC1CCCO1. The van der Waals surface area contributed by atoms with E-state index in [4.69, 9.17) is 10.00 Å². The zero-order chi connectivity index (χ0) is 7.68. The van der Waals surface area contributed by atoms with Gasteiger partial charge in [-0.15, -0.1) is 0 Å². The Morgan fingerprint density at radius 3 is 3.09 bits per heavy atom. The second-order valence-electron chi connectivity index (χ2n) is 3.23. The molecule has 3 nitrogen and oxygen atoms in total. The summed E-state index contributed by atoms with van der Waals surface area (Å²) in [5, 5.41) is 8.52. The quantitative estimate of drug-likeness (QED) is 0.536. The summed E-state index contributed by atoms with van der Waals surface area (Å²) in [5.41, 5.74) is 0. The van der Waals surface area contributed by atoms with Gasteiger partial charge in [0.15, 0.2) is 0 Å². The molecule has 11 heavy (non-hydrogen) atoms. The van der Waals surface area contributed by atoms with E-state index in [2.05, 4.69) is 11.0 Å². The summed E-state index contributed by atoms with van der Waals surface area (Å²) in [6, 6.07) is 2.43. The second-order valence-corrected chi connectivity index (χ2v) is 3.23. The van der Waals surface area contributed by atoms with Crippen LogP contribution in [0.2, 0.25) is 0 Å². The van der Waals surface area contributed by atoms with Gasteiger partial charge in [-0.05, 0) is 12.8 Å². The molecule has 0 spiro atoms. The normalized spacial score (nSPS) is 41.9. The van der Waals surface area contributed by atoms with Crippen molar-refractivity contribution in [1.82, 2.24) is 4.90 Å². The number of ether oxygens (including phenoxy) is 1. The fourth-order valence-corrected chi connectivity index (χ4v) is 1.55. The Morgan fingerprint density at radius 1 is 1.64 bits per heavy atom. The first kappa shape index (κ1) is 7.08. The van der Waals surface area contributed by atoms with E-state index in [1.807, 2.05) is 0 Å². The third-order valence-electron chi connectivity index (χ3n) is 2.33. The van der Waals surface area contributed by atoms with Crippen LogP contribution in [0.3, 0.4) is 0 Å². The molecule has 2 aliphatic rings. The van der Waals surface area contributed by atoms with Crippen molar-refractivity contribution in [2.24, 2.45) is 0 Å². The lowest BCUT2D eigenvalue weighted by molar-refractivity contribution is 0.0975. The molecule has 3 heteroatoms. The Morgan fingerprint density at radius 2 is 2.55 bits per heavy atom. The highest BCUT2D eigenvalue weighted by Crippen LogP contribution is 2.21. The Bertz CT molecular complexity index is 181. The van der Waals surface area contributed by atoms with Crippen molar-refractivity contribution in [3.8, 4) is 6.07 Å². The molecule has 0 aromatic carbocycles. The Hall–Kier alpha value is -0.590. The van der Waals surface area contributed by atoms with Gasteiger partial charge >= 0.3 is 0 Å². The molecule has 0 bridgehead atoms. The van der Waals surface area contributed by atoms with E-state index in [9.17, 15) is 0 Å². The zero-order valence-electron chi connectivity index (χ0n) is 6.49. The number of nitriles is 1. The van der Waals surface area contributed by atoms with Gasteiger partial charge in [0.1, 0.15) is 6.04 Å². The van der Waals surface area contributed by atoms with Crippen molar-refractivity contribution < 1.29 is 4.74 Å². The monoisotopic (exact) mass is 152 g/mol. The first-order chi connectivity index (χ1) is 5.40. The maximum absolute atomic E-state index is 8.52. The van der Waals surface area contributed by atoms with Gasteiger partial charge in [-0.25, -0.2) is 0 Å². The molecule has 0 saturated carbocycles. The topological polar surface area (TPSA) is 36.0 Å². The van der Waals surface area contributed by atoms with Gasteiger partial charge in [0.05, 0.1) is 12.2 Å². The Labute approximate surface area is 66.5 Å². The summed E-state index contributed by atoms with van der Waals surface area (Å²) < 4.78 is 5.45. The molecule has 0 amide bonds. The molecule has 2 fully saturated rings. The predicted octanol–water partition coefficient (Wildman–Crippen LogP) is 0.373. The fraction of sp³-hybridized carbons (Fsp3) is 0.875. The van der Waals surface area contributed by atoms with Gasteiger partial charge in [-0.3, -0.25) is 4.90 Å². The molecule has 0 N–H and O–H groups in total. The van der Waals surface area contributed by atoms with E-state index in [0.717, 1.165) is 19.7 Å². The van der Waals surface area contributed by atoms with Crippen LogP contribution in [0.25, 0.3) is 0 Å². The van der Waals surface area contributed by atoms with E-state index >= 15 is 0 Å². The lowest BCUT2D eigenvalue weighted by Crippen LogP contribution is -2.19. The van der Waals surface area contributed by atoms with Crippen LogP contribution in [0.4, 0.5) is 0 Å². The zero-order valence-corrected chi connectivity index (χ0v) is 6.49. The highest BCUT2D eigenvalue weighted by atomic mass is 16.5. The number of rotatable bonds is 2. The molecule has 60 valence electrons. The summed E-state index contributed by atoms with van der Waals surface area (Å²) in [4.78, 5) is 2.16. The minimum Gasteiger partial charge on any atom is -0.377 e. The third kappa shape index (κ3) is 1.52. The Kier molecular flexibility index (Phi) is 1.80. The van der Waals surface area contributed by atoms with Crippen LogP contribution in [0.15, 0.2) is 0 Å². The van der Waals surface area contributed by atoms with E-state index in [1.165, 1.54) is 12.8 Å². The summed E-state index contributed by atoms with van der Waals surface area (Å²) >= 11 is 0. The van der Waals surface area contributed by atoms with Crippen molar-refractivity contribution in [3.63, 3.8) is 0 Å². The van der Waals surface area contributed by atoms with Crippen molar-refractivity contribution in [3.05, 3.63) is 0 Å². The molecule has 0 aromatic heterocycles. The summed E-state index contributed by atoms with van der Waals surface area (Å²) in [6.45, 7) is 2.84. The standard InChI is InChI=1S/C8H12N2O/c9-4-7-5-10(7)6-8-2-1-3-11-8/h7-8H,1-3,5-6H2. The van der Waals surface area contributed by atoms with Gasteiger partial charge in [-0.2, -0.15) is 5.26 Å². The van der Waals surface area contributed by atoms with Gasteiger partial charge in [0.25, 0.3) is 0 Å². The maximum atomic E-state index is 8.52. The summed E-state index contributed by atoms with van der Waals surface area (Å²) in [7, 11) is 0. The molecule has 0 aliphatic carbocycles. The van der Waals surface area contributed by atoms with Crippen LogP contribution in [0.1, 0.15) is 12.8 Å². The smallest absolute Gasteiger partial charge is 0.111 e. The van der Waals surface area contributed by atoms with Crippen LogP contribution in [-0.4, -0.2) is 36.7 Å². The molecule has 0 aromatic rings. The average Bonchev–Trinajstić information content (AvgIpc) is 2.54. The molecular formula is C8H12N2O. The third-order valence-corrected chi connectivity index (χ3v) is 2.33. The van der Waals surface area contributed by atoms with Gasteiger partial charge < -0.3 is 4.74 Å². The lowest BCUT2D eigenvalue weighted by Gasteiger charge is -2.08. The van der Waals surface area contributed by atoms with Gasteiger partial charge in [0.2, 0.25) is 0 Å². The highest BCUT2D eigenvalue weighted by molar-refractivity contribution is 5.06. The van der Waals surface area contributed by atoms with Crippen LogP contribution in [0.5, 0.6) is 0 Å². The van der Waals surface area contributed by atoms with Crippen LogP contribution < -0.4 is 0 Å². The lowest BCUT2D eigenvalue weighted by atomic mass is 10.2. The maximum Gasteiger partial charge on any atom is 0.111 e. The van der Waals surface area contributed by atoms with Crippen LogP contribution >= 0.6 is 0 Å². The first-order valence-electron chi connectivity index (χ1n) is 4.15. The number of nitrogens with zero attached hydrogens (tertiary/aromatic N) is 2. The van der Waals surface area contributed by atoms with E-state index < -0.39 is 0 Å². The minimum atomic E-state index is 0.194. The summed E-state index contributed by atoms with van der Waals surface area (Å²) in [6.07, 6.45) is 2.78. The number of hydrogen-bond acceptors (Lipinski definition) is 3. The van der Waals surface area contributed by atoms with Gasteiger partial charge in [-0.1, -0.05) is 0 Å². The first-order valence-corrected chi connectivity index (χ1v) is 4.15. The van der Waals surface area contributed by atoms with E-state index in [1.54, 1.807) is 0 Å². The molecule has 3 atom stereocenters.